The summed E-state index contributed by atoms with van der Waals surface area (Å²) in [5, 5.41) is 21.5. The van der Waals surface area contributed by atoms with Crippen LogP contribution in [0.3, 0.4) is 0 Å². The molecular weight excluding hydrogens is 359 g/mol. The number of aliphatic hydroxyl groups excluding tert-OH is 1. The molecule has 0 saturated heterocycles. The molecule has 0 bridgehead atoms. The van der Waals surface area contributed by atoms with Crippen molar-refractivity contribution < 1.29 is 23.5 Å². The topological polar surface area (TPSA) is 81.5 Å². The van der Waals surface area contributed by atoms with Crippen molar-refractivity contribution in [3.63, 3.8) is 0 Å². The van der Waals surface area contributed by atoms with Crippen molar-refractivity contribution in [3.05, 3.63) is 63.7 Å². The number of aromatic nitrogens is 2. The molecule has 1 heterocycles. The smallest absolute Gasteiger partial charge is 0.186 e. The molecule has 0 aliphatic carbocycles. The number of H-pyrrole nitrogens is 1. The number of aromatic amines is 1. The van der Waals surface area contributed by atoms with Gasteiger partial charge in [0.15, 0.2) is 11.6 Å². The maximum Gasteiger partial charge on any atom is 0.186 e. The van der Waals surface area contributed by atoms with Crippen LogP contribution in [0.2, 0.25) is 5.02 Å². The van der Waals surface area contributed by atoms with Gasteiger partial charge in [-0.2, -0.15) is 0 Å². The normalized spacial score (nSPS) is 12.1. The Balaban J connectivity index is 2.10. The number of benzene rings is 2. The van der Waals surface area contributed by atoms with Gasteiger partial charge in [0, 0.05) is 12.0 Å². The Labute approximate surface area is 144 Å². The van der Waals surface area contributed by atoms with Crippen molar-refractivity contribution in [1.29, 1.82) is 0 Å². The van der Waals surface area contributed by atoms with Crippen LogP contribution in [0.4, 0.5) is 13.2 Å². The summed E-state index contributed by atoms with van der Waals surface area (Å²) in [6.07, 6.45) is -0.0237. The van der Waals surface area contributed by atoms with Gasteiger partial charge in [0.05, 0.1) is 16.3 Å². The highest BCUT2D eigenvalue weighted by atomic mass is 35.5. The molecule has 130 valence electrons. The lowest BCUT2D eigenvalue weighted by Gasteiger charge is -2.08. The molecule has 3 aromatic rings. The van der Waals surface area contributed by atoms with E-state index in [0.717, 1.165) is 12.1 Å². The Kier molecular flexibility index (Phi) is 4.65. The molecule has 0 aliphatic rings. The Morgan fingerprint density at radius 1 is 1.20 bits per heavy atom. The van der Waals surface area contributed by atoms with Crippen molar-refractivity contribution in [3.8, 4) is 0 Å². The summed E-state index contributed by atoms with van der Waals surface area (Å²) in [6, 6.07) is 4.77. The van der Waals surface area contributed by atoms with E-state index in [9.17, 15) is 18.4 Å². The van der Waals surface area contributed by atoms with Crippen LogP contribution in [0.5, 0.6) is 0 Å². The monoisotopic (exact) mass is 369 g/mol. The number of oxime groups is 1. The number of hydrogen-bond acceptors (Lipinski definition) is 4. The van der Waals surface area contributed by atoms with Crippen LogP contribution in [0.15, 0.2) is 29.4 Å². The molecule has 0 saturated carbocycles. The molecule has 1 aromatic heterocycles. The van der Waals surface area contributed by atoms with E-state index in [1.165, 1.54) is 12.1 Å². The van der Waals surface area contributed by atoms with Gasteiger partial charge in [0.1, 0.15) is 23.8 Å². The summed E-state index contributed by atoms with van der Waals surface area (Å²) in [5.41, 5.74) is 0.295. The fourth-order valence-corrected chi connectivity index (χ4v) is 2.68. The van der Waals surface area contributed by atoms with E-state index in [2.05, 4.69) is 15.1 Å². The molecule has 0 spiro atoms. The first-order chi connectivity index (χ1) is 11.9. The maximum absolute atomic E-state index is 13.9. The number of nitrogens with zero attached hydrogens (tertiary/aromatic N) is 2. The number of fused-ring (bicyclic) bond motifs is 1. The van der Waals surface area contributed by atoms with Crippen molar-refractivity contribution in [2.24, 2.45) is 5.16 Å². The average molecular weight is 370 g/mol. The fraction of sp³-hybridized carbons (Fsp3) is 0.125. The van der Waals surface area contributed by atoms with E-state index in [4.69, 9.17) is 16.7 Å². The fourth-order valence-electron chi connectivity index (χ4n) is 2.48. The highest BCUT2D eigenvalue weighted by molar-refractivity contribution is 6.30. The number of imidazole rings is 1. The second-order valence-corrected chi connectivity index (χ2v) is 5.66. The molecule has 25 heavy (non-hydrogen) atoms. The van der Waals surface area contributed by atoms with Gasteiger partial charge in [0.2, 0.25) is 0 Å². The van der Waals surface area contributed by atoms with E-state index in [1.807, 2.05) is 0 Å². The van der Waals surface area contributed by atoms with Crippen LogP contribution < -0.4 is 0 Å². The first-order valence-corrected chi connectivity index (χ1v) is 7.45. The third-order valence-corrected chi connectivity index (χ3v) is 3.94. The molecule has 0 atom stereocenters. The first kappa shape index (κ1) is 17.2. The Hall–Kier alpha value is -2.58. The van der Waals surface area contributed by atoms with Gasteiger partial charge < -0.3 is 15.3 Å². The van der Waals surface area contributed by atoms with E-state index in [-0.39, 0.29) is 39.6 Å². The zero-order valence-corrected chi connectivity index (χ0v) is 13.3. The Bertz CT molecular complexity index is 988. The van der Waals surface area contributed by atoms with Crippen LogP contribution in [-0.2, 0) is 13.0 Å². The van der Waals surface area contributed by atoms with Gasteiger partial charge in [-0.05, 0) is 23.8 Å². The number of aliphatic hydroxyl groups is 1. The van der Waals surface area contributed by atoms with Gasteiger partial charge in [-0.15, -0.1) is 0 Å². The average Bonchev–Trinajstić information content (AvgIpc) is 3.04. The van der Waals surface area contributed by atoms with Gasteiger partial charge in [0.25, 0.3) is 0 Å². The Morgan fingerprint density at radius 2 is 1.96 bits per heavy atom. The second kappa shape index (κ2) is 6.73. The molecule has 5 nitrogen and oxygen atoms in total. The third kappa shape index (κ3) is 3.18. The quantitative estimate of drug-likeness (QED) is 0.374. The van der Waals surface area contributed by atoms with Crippen molar-refractivity contribution in [1.82, 2.24) is 9.97 Å². The second-order valence-electron chi connectivity index (χ2n) is 5.26. The van der Waals surface area contributed by atoms with Crippen LogP contribution >= 0.6 is 11.6 Å². The van der Waals surface area contributed by atoms with Crippen LogP contribution in [0.25, 0.3) is 11.0 Å². The lowest BCUT2D eigenvalue weighted by Crippen LogP contribution is -2.08. The maximum atomic E-state index is 13.9. The molecule has 2 aromatic carbocycles. The summed E-state index contributed by atoms with van der Waals surface area (Å²) >= 11 is 5.72. The molecule has 0 radical (unpaired) electrons. The molecule has 3 N–H and O–H groups in total. The van der Waals surface area contributed by atoms with E-state index < -0.39 is 24.1 Å². The minimum Gasteiger partial charge on any atom is -0.411 e. The number of halogens is 4. The summed E-state index contributed by atoms with van der Waals surface area (Å²) in [4.78, 5) is 6.43. The summed E-state index contributed by atoms with van der Waals surface area (Å²) in [6.45, 7) is -0.506. The minimum absolute atomic E-state index is 0.0142. The zero-order valence-electron chi connectivity index (χ0n) is 12.5. The SMILES string of the molecule is OCc1nc2c(F)c(F)cc(/C(Cc3ccc(F)c(Cl)c3)=N/O)c2[nH]1. The van der Waals surface area contributed by atoms with E-state index >= 15 is 0 Å². The van der Waals surface area contributed by atoms with Crippen LogP contribution in [-0.4, -0.2) is 26.0 Å². The third-order valence-electron chi connectivity index (χ3n) is 3.65. The lowest BCUT2D eigenvalue weighted by atomic mass is 10.0. The molecule has 3 rings (SSSR count). The molecule has 0 fully saturated rings. The van der Waals surface area contributed by atoms with Crippen molar-refractivity contribution in [2.45, 2.75) is 13.0 Å². The van der Waals surface area contributed by atoms with Gasteiger partial charge in [-0.1, -0.05) is 22.8 Å². The van der Waals surface area contributed by atoms with E-state index in [0.29, 0.717) is 5.56 Å². The molecule has 0 amide bonds. The summed E-state index contributed by atoms with van der Waals surface area (Å²) in [7, 11) is 0. The molecular formula is C16H11ClF3N3O2. The number of rotatable bonds is 4. The largest absolute Gasteiger partial charge is 0.411 e. The zero-order chi connectivity index (χ0) is 18.1. The summed E-state index contributed by atoms with van der Waals surface area (Å²) in [5.74, 6) is -2.94. The predicted molar refractivity (Wildman–Crippen MR) is 85.4 cm³/mol. The van der Waals surface area contributed by atoms with Gasteiger partial charge in [-0.25, -0.2) is 18.2 Å². The molecule has 0 unspecified atom stereocenters. The highest BCUT2D eigenvalue weighted by Gasteiger charge is 2.20. The molecule has 0 aliphatic heterocycles. The lowest BCUT2D eigenvalue weighted by molar-refractivity contribution is 0.273. The standard InChI is InChI=1S/C16H11ClF3N3O2/c17-9-3-7(1-2-10(9)18)4-12(23-25)8-5-11(19)14(20)16-15(8)21-13(6-24)22-16/h1-3,5,24-25H,4,6H2,(H,21,22)/b23-12+. The van der Waals surface area contributed by atoms with Crippen molar-refractivity contribution in [2.75, 3.05) is 0 Å². The highest BCUT2D eigenvalue weighted by Crippen LogP contribution is 2.25. The van der Waals surface area contributed by atoms with Crippen LogP contribution in [0.1, 0.15) is 17.0 Å². The van der Waals surface area contributed by atoms with Gasteiger partial charge in [-0.3, -0.25) is 0 Å². The number of hydrogen-bond donors (Lipinski definition) is 3. The Morgan fingerprint density at radius 3 is 2.60 bits per heavy atom. The first-order valence-electron chi connectivity index (χ1n) is 7.07. The predicted octanol–water partition coefficient (Wildman–Crippen LogP) is 3.55. The van der Waals surface area contributed by atoms with Gasteiger partial charge >= 0.3 is 0 Å². The molecule has 9 heteroatoms. The summed E-state index contributed by atoms with van der Waals surface area (Å²) < 4.78 is 41.0. The minimum atomic E-state index is -1.18. The number of nitrogens with one attached hydrogen (secondary N) is 1. The van der Waals surface area contributed by atoms with E-state index in [1.54, 1.807) is 0 Å². The van der Waals surface area contributed by atoms with Crippen molar-refractivity contribution >= 4 is 28.3 Å². The van der Waals surface area contributed by atoms with Crippen LogP contribution in [0, 0.1) is 17.5 Å².